The summed E-state index contributed by atoms with van der Waals surface area (Å²) in [6.07, 6.45) is 6.31. The number of terminal acetylenes is 1. The van der Waals surface area contributed by atoms with Gasteiger partial charge in [0.15, 0.2) is 0 Å². The van der Waals surface area contributed by atoms with Crippen LogP contribution in [0, 0.1) is 19.3 Å². The van der Waals surface area contributed by atoms with Crippen LogP contribution in [0.1, 0.15) is 56.3 Å². The first-order valence-corrected chi connectivity index (χ1v) is 12.5. The van der Waals surface area contributed by atoms with Crippen molar-refractivity contribution < 1.29 is 19.1 Å². The van der Waals surface area contributed by atoms with E-state index in [0.717, 1.165) is 18.4 Å². The number of ether oxygens (including phenoxy) is 1. The standard InChI is InChI=1S/C28H33N3O4S/c1-6-19-11-13-20(14-12-19)24(25(32)29-22-10-8-7-9-18(22)2)31(21-15-16-21)26(33)23(17-36)30-27(34)35-28(3,4)5/h1,7-14,21,23-24,36H,15-17H2,2-5H3,(H,29,32)(H,30,34). The van der Waals surface area contributed by atoms with Gasteiger partial charge in [-0.15, -0.1) is 6.42 Å². The van der Waals surface area contributed by atoms with E-state index in [1.54, 1.807) is 49.9 Å². The van der Waals surface area contributed by atoms with E-state index in [-0.39, 0.29) is 17.7 Å². The van der Waals surface area contributed by atoms with Crippen molar-refractivity contribution in [3.05, 3.63) is 65.2 Å². The minimum absolute atomic E-state index is 0.0451. The van der Waals surface area contributed by atoms with Gasteiger partial charge >= 0.3 is 6.09 Å². The third-order valence-corrected chi connectivity index (χ3v) is 6.05. The van der Waals surface area contributed by atoms with Crippen molar-refractivity contribution in [2.45, 2.75) is 64.3 Å². The number of nitrogens with one attached hydrogen (secondary N) is 2. The number of aryl methyl sites for hydroxylation is 1. The molecule has 2 N–H and O–H groups in total. The molecule has 1 aliphatic carbocycles. The minimum Gasteiger partial charge on any atom is -0.444 e. The minimum atomic E-state index is -0.970. The second kappa shape index (κ2) is 11.5. The summed E-state index contributed by atoms with van der Waals surface area (Å²) in [4.78, 5) is 41.5. The van der Waals surface area contributed by atoms with Gasteiger partial charge in [-0.3, -0.25) is 9.59 Å². The topological polar surface area (TPSA) is 87.7 Å². The van der Waals surface area contributed by atoms with Crippen LogP contribution >= 0.6 is 12.6 Å². The summed E-state index contributed by atoms with van der Waals surface area (Å²) in [5, 5.41) is 5.60. The molecule has 2 aromatic rings. The van der Waals surface area contributed by atoms with Crippen LogP contribution in [-0.4, -0.2) is 46.2 Å². The second-order valence-corrected chi connectivity index (χ2v) is 10.2. The highest BCUT2D eigenvalue weighted by molar-refractivity contribution is 7.80. The monoisotopic (exact) mass is 507 g/mol. The van der Waals surface area contributed by atoms with Crippen molar-refractivity contribution in [3.8, 4) is 12.3 Å². The van der Waals surface area contributed by atoms with E-state index >= 15 is 0 Å². The zero-order valence-corrected chi connectivity index (χ0v) is 22.0. The van der Waals surface area contributed by atoms with E-state index in [2.05, 4.69) is 29.2 Å². The molecule has 1 fully saturated rings. The van der Waals surface area contributed by atoms with E-state index in [9.17, 15) is 14.4 Å². The molecule has 7 nitrogen and oxygen atoms in total. The molecule has 0 spiro atoms. The van der Waals surface area contributed by atoms with Crippen molar-refractivity contribution in [2.24, 2.45) is 0 Å². The van der Waals surface area contributed by atoms with Crippen LogP contribution in [-0.2, 0) is 14.3 Å². The average Bonchev–Trinajstić information content (AvgIpc) is 3.66. The van der Waals surface area contributed by atoms with Crippen molar-refractivity contribution in [1.29, 1.82) is 0 Å². The quantitative estimate of drug-likeness (QED) is 0.363. The highest BCUT2D eigenvalue weighted by Crippen LogP contribution is 2.36. The van der Waals surface area contributed by atoms with Crippen molar-refractivity contribution in [3.63, 3.8) is 0 Å². The number of nitrogens with zero attached hydrogens (tertiary/aromatic N) is 1. The molecule has 0 saturated heterocycles. The Labute approximate surface area is 218 Å². The van der Waals surface area contributed by atoms with E-state index in [0.29, 0.717) is 16.8 Å². The number of hydrogen-bond acceptors (Lipinski definition) is 5. The molecule has 3 amide bonds. The number of carbonyl (C=O) groups excluding carboxylic acids is 3. The summed E-state index contributed by atoms with van der Waals surface area (Å²) >= 11 is 4.31. The SMILES string of the molecule is C#Cc1ccc(C(C(=O)Nc2ccccc2C)N(C(=O)C(CS)NC(=O)OC(C)(C)C)C2CC2)cc1. The van der Waals surface area contributed by atoms with E-state index < -0.39 is 29.7 Å². The van der Waals surface area contributed by atoms with Crippen LogP contribution in [0.25, 0.3) is 0 Å². The highest BCUT2D eigenvalue weighted by Gasteiger charge is 2.44. The maximum absolute atomic E-state index is 13.8. The fraction of sp³-hybridized carbons (Fsp3) is 0.393. The van der Waals surface area contributed by atoms with Gasteiger partial charge in [-0.05, 0) is 69.9 Å². The maximum atomic E-state index is 13.8. The van der Waals surface area contributed by atoms with Crippen LogP contribution in [0.5, 0.6) is 0 Å². The molecule has 1 saturated carbocycles. The zero-order chi connectivity index (χ0) is 26.5. The van der Waals surface area contributed by atoms with Crippen molar-refractivity contribution in [1.82, 2.24) is 10.2 Å². The Kier molecular flexibility index (Phi) is 8.70. The van der Waals surface area contributed by atoms with Gasteiger partial charge in [-0.25, -0.2) is 4.79 Å². The number of para-hydroxylation sites is 1. The number of alkyl carbamates (subject to hydrolysis) is 1. The molecule has 0 heterocycles. The first-order valence-electron chi connectivity index (χ1n) is 11.9. The highest BCUT2D eigenvalue weighted by atomic mass is 32.1. The Morgan fingerprint density at radius 2 is 1.78 bits per heavy atom. The molecule has 36 heavy (non-hydrogen) atoms. The number of hydrogen-bond donors (Lipinski definition) is 3. The molecule has 0 bridgehead atoms. The fourth-order valence-electron chi connectivity index (χ4n) is 3.80. The predicted octanol–water partition coefficient (Wildman–Crippen LogP) is 4.47. The molecule has 0 aliphatic heterocycles. The molecule has 0 radical (unpaired) electrons. The lowest BCUT2D eigenvalue weighted by Gasteiger charge is -2.34. The molecule has 1 aliphatic rings. The third-order valence-electron chi connectivity index (χ3n) is 5.69. The molecule has 190 valence electrons. The van der Waals surface area contributed by atoms with E-state index in [1.807, 2.05) is 31.2 Å². The van der Waals surface area contributed by atoms with Crippen LogP contribution in [0.15, 0.2) is 48.5 Å². The average molecular weight is 508 g/mol. The van der Waals surface area contributed by atoms with Crippen LogP contribution in [0.2, 0.25) is 0 Å². The molecular weight excluding hydrogens is 474 g/mol. The lowest BCUT2D eigenvalue weighted by Crippen LogP contribution is -2.54. The smallest absolute Gasteiger partial charge is 0.408 e. The van der Waals surface area contributed by atoms with Gasteiger partial charge in [0.2, 0.25) is 5.91 Å². The van der Waals surface area contributed by atoms with Crippen LogP contribution in [0.4, 0.5) is 10.5 Å². The largest absolute Gasteiger partial charge is 0.444 e. The second-order valence-electron chi connectivity index (χ2n) is 9.83. The lowest BCUT2D eigenvalue weighted by molar-refractivity contribution is -0.141. The number of carbonyl (C=O) groups is 3. The molecular formula is C28H33N3O4S. The van der Waals surface area contributed by atoms with Gasteiger partial charge < -0.3 is 20.3 Å². The van der Waals surface area contributed by atoms with E-state index in [1.165, 1.54) is 0 Å². The summed E-state index contributed by atoms with van der Waals surface area (Å²) in [5.74, 6) is 1.86. The normalized spacial score (nSPS) is 14.7. The molecule has 2 aromatic carbocycles. The molecule has 3 rings (SSSR count). The number of benzene rings is 2. The van der Waals surface area contributed by atoms with Crippen molar-refractivity contribution in [2.75, 3.05) is 11.1 Å². The predicted molar refractivity (Wildman–Crippen MR) is 144 cm³/mol. The summed E-state index contributed by atoms with van der Waals surface area (Å²) in [5.41, 5.74) is 2.13. The first kappa shape index (κ1) is 27.2. The lowest BCUT2D eigenvalue weighted by atomic mass is 10.0. The number of anilines is 1. The van der Waals surface area contributed by atoms with E-state index in [4.69, 9.17) is 11.2 Å². The van der Waals surface area contributed by atoms with Gasteiger partial charge in [0.1, 0.15) is 17.7 Å². The zero-order valence-electron chi connectivity index (χ0n) is 21.1. The third kappa shape index (κ3) is 7.05. The van der Waals surface area contributed by atoms with Gasteiger partial charge in [0, 0.05) is 23.0 Å². The maximum Gasteiger partial charge on any atom is 0.408 e. The first-order chi connectivity index (χ1) is 17.0. The van der Waals surface area contributed by atoms with Gasteiger partial charge in [0.25, 0.3) is 5.91 Å². The Balaban J connectivity index is 1.96. The summed E-state index contributed by atoms with van der Waals surface area (Å²) in [7, 11) is 0. The molecule has 8 heteroatoms. The van der Waals surface area contributed by atoms with Gasteiger partial charge in [0.05, 0.1) is 0 Å². The molecule has 2 atom stereocenters. The van der Waals surface area contributed by atoms with Crippen LogP contribution in [0.3, 0.4) is 0 Å². The number of amides is 3. The Morgan fingerprint density at radius 3 is 2.31 bits per heavy atom. The molecule has 2 unspecified atom stereocenters. The van der Waals surface area contributed by atoms with Crippen LogP contribution < -0.4 is 10.6 Å². The Bertz CT molecular complexity index is 1150. The summed E-state index contributed by atoms with van der Waals surface area (Å²) in [6, 6.07) is 12.4. The Morgan fingerprint density at radius 1 is 1.14 bits per heavy atom. The van der Waals surface area contributed by atoms with Crippen molar-refractivity contribution >= 4 is 36.2 Å². The number of rotatable bonds is 8. The van der Waals surface area contributed by atoms with Gasteiger partial charge in [-0.2, -0.15) is 12.6 Å². The summed E-state index contributed by atoms with van der Waals surface area (Å²) in [6.45, 7) is 7.13. The number of thiol groups is 1. The molecule has 0 aromatic heterocycles. The van der Waals surface area contributed by atoms with Gasteiger partial charge in [-0.1, -0.05) is 36.3 Å². The summed E-state index contributed by atoms with van der Waals surface area (Å²) < 4.78 is 5.33. The fourth-order valence-corrected chi connectivity index (χ4v) is 4.05. The Hall–Kier alpha value is -3.44.